The van der Waals surface area contributed by atoms with Crippen LogP contribution in [-0.2, 0) is 11.3 Å². The van der Waals surface area contributed by atoms with E-state index in [4.69, 9.17) is 13.9 Å². The Hall–Kier alpha value is -2.27. The molecule has 23 heavy (non-hydrogen) atoms. The molecule has 1 aromatic carbocycles. The van der Waals surface area contributed by atoms with Gasteiger partial charge in [-0.1, -0.05) is 12.1 Å². The van der Waals surface area contributed by atoms with E-state index in [1.165, 1.54) is 0 Å². The van der Waals surface area contributed by atoms with Crippen LogP contribution in [0, 0.1) is 5.92 Å². The Morgan fingerprint density at radius 1 is 1.22 bits per heavy atom. The molecule has 1 saturated carbocycles. The lowest BCUT2D eigenvalue weighted by Crippen LogP contribution is -2.29. The topological polar surface area (TPSA) is 60.7 Å². The Labute approximate surface area is 135 Å². The van der Waals surface area contributed by atoms with Crippen molar-refractivity contribution in [3.63, 3.8) is 0 Å². The first-order chi connectivity index (χ1) is 11.2. The fourth-order valence-corrected chi connectivity index (χ4v) is 2.65. The number of ether oxygens (including phenoxy) is 2. The average Bonchev–Trinajstić information content (AvgIpc) is 3.31. The Morgan fingerprint density at radius 3 is 2.57 bits per heavy atom. The van der Waals surface area contributed by atoms with Crippen molar-refractivity contribution in [2.75, 3.05) is 14.2 Å². The third kappa shape index (κ3) is 3.74. The summed E-state index contributed by atoms with van der Waals surface area (Å²) in [4.78, 5) is 12.4. The molecule has 0 aliphatic heterocycles. The summed E-state index contributed by atoms with van der Waals surface area (Å²) in [6, 6.07) is 11.3. The smallest absolute Gasteiger partial charge is 0.287 e. The normalized spacial score (nSPS) is 15.2. The molecule has 1 aliphatic rings. The number of amides is 1. The van der Waals surface area contributed by atoms with Crippen LogP contribution in [0.4, 0.5) is 0 Å². The molecule has 1 amide bonds. The molecule has 3 rings (SSSR count). The van der Waals surface area contributed by atoms with Gasteiger partial charge in [-0.3, -0.25) is 4.79 Å². The van der Waals surface area contributed by atoms with E-state index in [0.29, 0.717) is 24.0 Å². The van der Waals surface area contributed by atoms with E-state index in [0.717, 1.165) is 24.2 Å². The van der Waals surface area contributed by atoms with Crippen molar-refractivity contribution in [3.8, 4) is 5.75 Å². The molecule has 5 nitrogen and oxygen atoms in total. The van der Waals surface area contributed by atoms with Gasteiger partial charge in [0.1, 0.15) is 18.1 Å². The maximum atomic E-state index is 12.4. The van der Waals surface area contributed by atoms with E-state index in [-0.39, 0.29) is 11.9 Å². The zero-order chi connectivity index (χ0) is 16.2. The van der Waals surface area contributed by atoms with Crippen molar-refractivity contribution in [1.29, 1.82) is 0 Å². The zero-order valence-corrected chi connectivity index (χ0v) is 13.4. The van der Waals surface area contributed by atoms with Crippen LogP contribution in [0.2, 0.25) is 0 Å². The van der Waals surface area contributed by atoms with Crippen molar-refractivity contribution >= 4 is 5.91 Å². The molecule has 1 N–H and O–H groups in total. The van der Waals surface area contributed by atoms with Crippen LogP contribution in [0.3, 0.4) is 0 Å². The third-order valence-corrected chi connectivity index (χ3v) is 4.03. The van der Waals surface area contributed by atoms with Crippen LogP contribution < -0.4 is 10.1 Å². The van der Waals surface area contributed by atoms with Crippen LogP contribution >= 0.6 is 0 Å². The van der Waals surface area contributed by atoms with Crippen LogP contribution in [0.1, 0.15) is 40.8 Å². The van der Waals surface area contributed by atoms with E-state index in [1.54, 1.807) is 26.4 Å². The fourth-order valence-electron chi connectivity index (χ4n) is 2.65. The minimum atomic E-state index is -0.194. The highest BCUT2D eigenvalue weighted by atomic mass is 16.5. The predicted octanol–water partition coefficient (Wildman–Crippen LogP) is 3.32. The van der Waals surface area contributed by atoms with Gasteiger partial charge in [-0.25, -0.2) is 0 Å². The van der Waals surface area contributed by atoms with Crippen molar-refractivity contribution in [3.05, 3.63) is 53.5 Å². The number of hydrogen-bond donors (Lipinski definition) is 1. The molecule has 5 heteroatoms. The summed E-state index contributed by atoms with van der Waals surface area (Å²) in [6.45, 7) is 0.359. The van der Waals surface area contributed by atoms with Gasteiger partial charge in [0.2, 0.25) is 0 Å². The molecule has 2 aromatic rings. The minimum Gasteiger partial charge on any atom is -0.497 e. The van der Waals surface area contributed by atoms with Crippen LogP contribution in [-0.4, -0.2) is 20.1 Å². The van der Waals surface area contributed by atoms with Gasteiger partial charge < -0.3 is 19.2 Å². The number of carbonyl (C=O) groups excluding carboxylic acids is 1. The Bertz CT molecular complexity index is 658. The Kier molecular flexibility index (Phi) is 4.67. The second-order valence-corrected chi connectivity index (χ2v) is 5.76. The quantitative estimate of drug-likeness (QED) is 0.851. The molecule has 1 aliphatic carbocycles. The predicted molar refractivity (Wildman–Crippen MR) is 85.3 cm³/mol. The lowest BCUT2D eigenvalue weighted by Gasteiger charge is -2.18. The summed E-state index contributed by atoms with van der Waals surface area (Å²) in [5.74, 6) is 2.06. The van der Waals surface area contributed by atoms with Gasteiger partial charge in [-0.15, -0.1) is 0 Å². The molecule has 0 saturated heterocycles. The van der Waals surface area contributed by atoms with Gasteiger partial charge >= 0.3 is 0 Å². The van der Waals surface area contributed by atoms with Gasteiger partial charge in [-0.2, -0.15) is 0 Å². The standard InChI is InChI=1S/C18H21NO4/c1-21-11-15-9-10-16(23-15)18(20)19-17(12-3-4-12)13-5-7-14(22-2)8-6-13/h5-10,12,17H,3-4,11H2,1-2H3,(H,19,20). The number of rotatable bonds is 7. The SMILES string of the molecule is COCc1ccc(C(=O)NC(c2ccc(OC)cc2)C2CC2)o1. The minimum absolute atomic E-state index is 0.00406. The summed E-state index contributed by atoms with van der Waals surface area (Å²) in [5, 5.41) is 3.09. The monoisotopic (exact) mass is 315 g/mol. The molecular weight excluding hydrogens is 294 g/mol. The van der Waals surface area contributed by atoms with Gasteiger partial charge in [-0.05, 0) is 48.6 Å². The second-order valence-electron chi connectivity index (χ2n) is 5.76. The lowest BCUT2D eigenvalue weighted by atomic mass is 10.0. The van der Waals surface area contributed by atoms with E-state index in [9.17, 15) is 4.79 Å². The molecule has 0 spiro atoms. The second kappa shape index (κ2) is 6.87. The Balaban J connectivity index is 1.72. The van der Waals surface area contributed by atoms with Crippen LogP contribution in [0.25, 0.3) is 0 Å². The number of nitrogens with one attached hydrogen (secondary N) is 1. The first-order valence-corrected chi connectivity index (χ1v) is 7.73. The molecule has 0 radical (unpaired) electrons. The average molecular weight is 315 g/mol. The first-order valence-electron chi connectivity index (χ1n) is 7.73. The lowest BCUT2D eigenvalue weighted by molar-refractivity contribution is 0.0895. The first kappa shape index (κ1) is 15.6. The number of furan rings is 1. The Morgan fingerprint density at radius 2 is 1.96 bits per heavy atom. The highest BCUT2D eigenvalue weighted by Crippen LogP contribution is 2.41. The molecular formula is C18H21NO4. The highest BCUT2D eigenvalue weighted by Gasteiger charge is 2.34. The van der Waals surface area contributed by atoms with Gasteiger partial charge in [0.25, 0.3) is 5.91 Å². The van der Waals surface area contributed by atoms with E-state index in [2.05, 4.69) is 5.32 Å². The van der Waals surface area contributed by atoms with E-state index < -0.39 is 0 Å². The molecule has 1 heterocycles. The van der Waals surface area contributed by atoms with Crippen LogP contribution in [0.15, 0.2) is 40.8 Å². The fraction of sp³-hybridized carbons (Fsp3) is 0.389. The van der Waals surface area contributed by atoms with E-state index >= 15 is 0 Å². The maximum absolute atomic E-state index is 12.4. The largest absolute Gasteiger partial charge is 0.497 e. The molecule has 1 fully saturated rings. The zero-order valence-electron chi connectivity index (χ0n) is 13.4. The van der Waals surface area contributed by atoms with E-state index in [1.807, 2.05) is 24.3 Å². The molecule has 0 bridgehead atoms. The van der Waals surface area contributed by atoms with Crippen LogP contribution in [0.5, 0.6) is 5.75 Å². The van der Waals surface area contributed by atoms with Crippen molar-refractivity contribution in [2.24, 2.45) is 5.92 Å². The van der Waals surface area contributed by atoms with Gasteiger partial charge in [0.15, 0.2) is 5.76 Å². The summed E-state index contributed by atoms with van der Waals surface area (Å²) in [5.41, 5.74) is 1.09. The number of benzene rings is 1. The maximum Gasteiger partial charge on any atom is 0.287 e. The van der Waals surface area contributed by atoms with Gasteiger partial charge in [0.05, 0.1) is 13.2 Å². The van der Waals surface area contributed by atoms with Crippen molar-refractivity contribution in [1.82, 2.24) is 5.32 Å². The number of carbonyl (C=O) groups is 1. The molecule has 122 valence electrons. The summed E-state index contributed by atoms with van der Waals surface area (Å²) in [7, 11) is 3.23. The van der Waals surface area contributed by atoms with Crippen molar-refractivity contribution in [2.45, 2.75) is 25.5 Å². The molecule has 1 aromatic heterocycles. The highest BCUT2D eigenvalue weighted by molar-refractivity contribution is 5.91. The van der Waals surface area contributed by atoms with Crippen molar-refractivity contribution < 1.29 is 18.7 Å². The number of methoxy groups -OCH3 is 2. The third-order valence-electron chi connectivity index (χ3n) is 4.03. The summed E-state index contributed by atoms with van der Waals surface area (Å²) in [6.07, 6.45) is 2.26. The van der Waals surface area contributed by atoms with Gasteiger partial charge in [0, 0.05) is 7.11 Å². The summed E-state index contributed by atoms with van der Waals surface area (Å²) >= 11 is 0. The summed E-state index contributed by atoms with van der Waals surface area (Å²) < 4.78 is 15.7. The molecule has 1 unspecified atom stereocenters. The number of hydrogen-bond acceptors (Lipinski definition) is 4. The molecule has 1 atom stereocenters.